The minimum Gasteiger partial charge on any atom is -0.481 e. The number of aryl methyl sites for hydroxylation is 1. The number of carbonyl (C=O) groups is 1. The second-order valence-corrected chi connectivity index (χ2v) is 9.19. The minimum absolute atomic E-state index is 0.227. The smallest absolute Gasteiger partial charge is 0.265 e. The van der Waals surface area contributed by atoms with Gasteiger partial charge in [0.1, 0.15) is 5.75 Å². The first-order valence-electron chi connectivity index (χ1n) is 10.5. The highest BCUT2D eigenvalue weighted by molar-refractivity contribution is 7.89. The van der Waals surface area contributed by atoms with Crippen molar-refractivity contribution in [3.05, 3.63) is 54.1 Å². The molecule has 30 heavy (non-hydrogen) atoms. The van der Waals surface area contributed by atoms with E-state index in [-0.39, 0.29) is 10.8 Å². The summed E-state index contributed by atoms with van der Waals surface area (Å²) in [6, 6.07) is 13.8. The maximum Gasteiger partial charge on any atom is 0.265 e. The van der Waals surface area contributed by atoms with Crippen LogP contribution < -0.4 is 10.1 Å². The van der Waals surface area contributed by atoms with Crippen molar-refractivity contribution in [3.63, 3.8) is 0 Å². The average molecular weight is 433 g/mol. The monoisotopic (exact) mass is 432 g/mol. The fourth-order valence-corrected chi connectivity index (χ4v) is 4.73. The Morgan fingerprint density at radius 3 is 2.20 bits per heavy atom. The van der Waals surface area contributed by atoms with Gasteiger partial charge in [-0.1, -0.05) is 32.9 Å². The number of anilines is 1. The van der Waals surface area contributed by atoms with Crippen molar-refractivity contribution in [2.75, 3.05) is 18.4 Å². The molecule has 0 aliphatic rings. The molecule has 2 aromatic carbocycles. The van der Waals surface area contributed by atoms with Crippen LogP contribution in [0.2, 0.25) is 0 Å². The van der Waals surface area contributed by atoms with Crippen LogP contribution in [0.4, 0.5) is 5.69 Å². The van der Waals surface area contributed by atoms with Gasteiger partial charge in [0, 0.05) is 18.8 Å². The highest BCUT2D eigenvalue weighted by Crippen LogP contribution is 2.20. The van der Waals surface area contributed by atoms with E-state index in [1.165, 1.54) is 16.4 Å². The molecule has 7 heteroatoms. The van der Waals surface area contributed by atoms with Crippen LogP contribution in [0.15, 0.2) is 53.4 Å². The standard InChI is InChI=1S/C23H32N2O4S/c1-5-15-25(16-6-2)30(27,28)21-13-11-19(12-14-21)24-23(26)22(7-3)29-20-10-8-9-18(4)17-20/h8-14,17,22H,5-7,15-16H2,1-4H3,(H,24,26). The number of carbonyl (C=O) groups excluding carboxylic acids is 1. The van der Waals surface area contributed by atoms with Gasteiger partial charge in [-0.2, -0.15) is 4.31 Å². The van der Waals surface area contributed by atoms with Crippen molar-refractivity contribution in [3.8, 4) is 5.75 Å². The third-order valence-electron chi connectivity index (χ3n) is 4.64. The number of ether oxygens (including phenoxy) is 1. The molecule has 0 radical (unpaired) electrons. The molecule has 0 aromatic heterocycles. The number of rotatable bonds is 11. The second-order valence-electron chi connectivity index (χ2n) is 7.25. The van der Waals surface area contributed by atoms with Crippen LogP contribution in [0.25, 0.3) is 0 Å². The molecule has 1 unspecified atom stereocenters. The number of benzene rings is 2. The van der Waals surface area contributed by atoms with Crippen molar-refractivity contribution in [1.82, 2.24) is 4.31 Å². The van der Waals surface area contributed by atoms with Gasteiger partial charge in [-0.15, -0.1) is 0 Å². The third kappa shape index (κ3) is 6.31. The highest BCUT2D eigenvalue weighted by Gasteiger charge is 2.23. The van der Waals surface area contributed by atoms with E-state index < -0.39 is 16.1 Å². The van der Waals surface area contributed by atoms with E-state index in [9.17, 15) is 13.2 Å². The van der Waals surface area contributed by atoms with Crippen LogP contribution in [0, 0.1) is 6.92 Å². The van der Waals surface area contributed by atoms with Crippen LogP contribution >= 0.6 is 0 Å². The van der Waals surface area contributed by atoms with Gasteiger partial charge in [0.05, 0.1) is 4.90 Å². The predicted molar refractivity (Wildman–Crippen MR) is 120 cm³/mol. The molecule has 0 saturated carbocycles. The van der Waals surface area contributed by atoms with Crippen LogP contribution in [-0.4, -0.2) is 37.8 Å². The molecule has 0 aliphatic carbocycles. The normalized spacial score (nSPS) is 12.6. The highest BCUT2D eigenvalue weighted by atomic mass is 32.2. The fourth-order valence-electron chi connectivity index (χ4n) is 3.11. The first kappa shape index (κ1) is 23.9. The predicted octanol–water partition coefficient (Wildman–Crippen LogP) is 4.60. The summed E-state index contributed by atoms with van der Waals surface area (Å²) in [5, 5.41) is 2.81. The molecule has 2 rings (SSSR count). The van der Waals surface area contributed by atoms with Gasteiger partial charge in [0.15, 0.2) is 6.10 Å². The summed E-state index contributed by atoms with van der Waals surface area (Å²) in [5.41, 5.74) is 1.59. The molecular weight excluding hydrogens is 400 g/mol. The Bertz CT molecular complexity index is 920. The molecular formula is C23H32N2O4S. The van der Waals surface area contributed by atoms with E-state index in [4.69, 9.17) is 4.74 Å². The van der Waals surface area contributed by atoms with Crippen LogP contribution in [0.3, 0.4) is 0 Å². The average Bonchev–Trinajstić information content (AvgIpc) is 2.72. The van der Waals surface area contributed by atoms with E-state index in [1.807, 2.05) is 52.0 Å². The number of amides is 1. The Balaban J connectivity index is 2.09. The van der Waals surface area contributed by atoms with E-state index in [2.05, 4.69) is 5.32 Å². The van der Waals surface area contributed by atoms with Crippen molar-refractivity contribution in [2.24, 2.45) is 0 Å². The third-order valence-corrected chi connectivity index (χ3v) is 6.55. The first-order chi connectivity index (χ1) is 14.3. The number of nitrogens with one attached hydrogen (secondary N) is 1. The zero-order valence-corrected chi connectivity index (χ0v) is 19.0. The summed E-state index contributed by atoms with van der Waals surface area (Å²) in [6.45, 7) is 8.74. The van der Waals surface area contributed by atoms with E-state index >= 15 is 0 Å². The van der Waals surface area contributed by atoms with Gasteiger partial charge < -0.3 is 10.1 Å². The molecule has 1 amide bonds. The molecule has 0 bridgehead atoms. The topological polar surface area (TPSA) is 75.7 Å². The second kappa shape index (κ2) is 11.1. The van der Waals surface area contributed by atoms with Crippen molar-refractivity contribution >= 4 is 21.6 Å². The van der Waals surface area contributed by atoms with Gasteiger partial charge in [-0.05, 0) is 68.1 Å². The number of hydrogen-bond donors (Lipinski definition) is 1. The molecule has 0 spiro atoms. The van der Waals surface area contributed by atoms with Gasteiger partial charge in [0.25, 0.3) is 5.91 Å². The summed E-state index contributed by atoms with van der Waals surface area (Å²) >= 11 is 0. The molecule has 0 heterocycles. The molecule has 0 fully saturated rings. The lowest BCUT2D eigenvalue weighted by atomic mass is 10.2. The lowest BCUT2D eigenvalue weighted by Crippen LogP contribution is -2.33. The lowest BCUT2D eigenvalue weighted by Gasteiger charge is -2.21. The summed E-state index contributed by atoms with van der Waals surface area (Å²) in [6.07, 6.45) is 1.38. The summed E-state index contributed by atoms with van der Waals surface area (Å²) in [4.78, 5) is 12.9. The van der Waals surface area contributed by atoms with Gasteiger partial charge in [-0.3, -0.25) is 4.79 Å². The Hall–Kier alpha value is -2.38. The minimum atomic E-state index is -3.54. The summed E-state index contributed by atoms with van der Waals surface area (Å²) in [7, 11) is -3.54. The lowest BCUT2D eigenvalue weighted by molar-refractivity contribution is -0.122. The van der Waals surface area contributed by atoms with E-state index in [1.54, 1.807) is 12.1 Å². The maximum atomic E-state index is 12.8. The first-order valence-corrected chi connectivity index (χ1v) is 11.9. The molecule has 6 nitrogen and oxygen atoms in total. The van der Waals surface area contributed by atoms with Crippen molar-refractivity contribution in [2.45, 2.75) is 58.0 Å². The van der Waals surface area contributed by atoms with Crippen LogP contribution in [-0.2, 0) is 14.8 Å². The van der Waals surface area contributed by atoms with Gasteiger partial charge in [-0.25, -0.2) is 8.42 Å². The Morgan fingerprint density at radius 2 is 1.67 bits per heavy atom. The molecule has 1 atom stereocenters. The SMILES string of the molecule is CCCN(CCC)S(=O)(=O)c1ccc(NC(=O)C(CC)Oc2cccc(C)c2)cc1. The summed E-state index contributed by atoms with van der Waals surface area (Å²) in [5.74, 6) is 0.374. The van der Waals surface area contributed by atoms with E-state index in [0.717, 1.165) is 18.4 Å². The van der Waals surface area contributed by atoms with Crippen LogP contribution in [0.5, 0.6) is 5.75 Å². The quantitative estimate of drug-likeness (QED) is 0.563. The zero-order chi connectivity index (χ0) is 22.1. The van der Waals surface area contributed by atoms with Crippen molar-refractivity contribution < 1.29 is 17.9 Å². The van der Waals surface area contributed by atoms with Gasteiger partial charge >= 0.3 is 0 Å². The molecule has 2 aromatic rings. The molecule has 1 N–H and O–H groups in total. The Morgan fingerprint density at radius 1 is 1.03 bits per heavy atom. The number of hydrogen-bond acceptors (Lipinski definition) is 4. The van der Waals surface area contributed by atoms with Crippen LogP contribution in [0.1, 0.15) is 45.6 Å². The number of nitrogens with zero attached hydrogens (tertiary/aromatic N) is 1. The molecule has 0 aliphatic heterocycles. The van der Waals surface area contributed by atoms with E-state index in [0.29, 0.717) is 30.9 Å². The zero-order valence-electron chi connectivity index (χ0n) is 18.2. The Labute approximate surface area is 180 Å². The summed E-state index contributed by atoms with van der Waals surface area (Å²) < 4.78 is 33.0. The molecule has 164 valence electrons. The Kier molecular flexibility index (Phi) is 8.87. The maximum absolute atomic E-state index is 12.8. The van der Waals surface area contributed by atoms with Gasteiger partial charge in [0.2, 0.25) is 10.0 Å². The fraction of sp³-hybridized carbons (Fsp3) is 0.435. The number of sulfonamides is 1. The largest absolute Gasteiger partial charge is 0.481 e. The van der Waals surface area contributed by atoms with Crippen molar-refractivity contribution in [1.29, 1.82) is 0 Å². The molecule has 0 saturated heterocycles.